The van der Waals surface area contributed by atoms with Gasteiger partial charge in [-0.3, -0.25) is 4.98 Å². The van der Waals surface area contributed by atoms with E-state index in [-0.39, 0.29) is 6.04 Å². The van der Waals surface area contributed by atoms with Gasteiger partial charge in [-0.15, -0.1) is 0 Å². The lowest BCUT2D eigenvalue weighted by atomic mass is 10.1. The molecule has 0 amide bonds. The highest BCUT2D eigenvalue weighted by atomic mass is 32.1. The van der Waals surface area contributed by atoms with Gasteiger partial charge in [0.15, 0.2) is 5.11 Å². The molecule has 1 aromatic heterocycles. The molecule has 1 aliphatic rings. The van der Waals surface area contributed by atoms with Gasteiger partial charge in [0.25, 0.3) is 0 Å². The van der Waals surface area contributed by atoms with Gasteiger partial charge in [0.1, 0.15) is 5.75 Å². The summed E-state index contributed by atoms with van der Waals surface area (Å²) in [6, 6.07) is 14.9. The molecular weight excluding hydrogens is 366 g/mol. The maximum absolute atomic E-state index is 5.89. The van der Waals surface area contributed by atoms with Crippen molar-refractivity contribution in [1.29, 1.82) is 0 Å². The number of ether oxygens (including phenoxy) is 1. The smallest absolute Gasteiger partial charge is 0.170 e. The first kappa shape index (κ1) is 20.6. The van der Waals surface area contributed by atoms with Crippen LogP contribution in [-0.2, 0) is 6.54 Å². The summed E-state index contributed by atoms with van der Waals surface area (Å²) in [5, 5.41) is 4.48. The molecular formula is C23H31N3OS. The second-order valence-electron chi connectivity index (χ2n) is 7.54. The van der Waals surface area contributed by atoms with Gasteiger partial charge in [0.2, 0.25) is 0 Å². The number of nitrogens with zero attached hydrogens (tertiary/aromatic N) is 2. The largest absolute Gasteiger partial charge is 0.497 e. The molecule has 3 rings (SSSR count). The average molecular weight is 398 g/mol. The number of hydrogen-bond donors (Lipinski definition) is 1. The molecule has 150 valence electrons. The Hall–Kier alpha value is -2.14. The molecule has 0 bridgehead atoms. The monoisotopic (exact) mass is 397 g/mol. The van der Waals surface area contributed by atoms with E-state index in [1.807, 2.05) is 30.5 Å². The van der Waals surface area contributed by atoms with Gasteiger partial charge in [-0.25, -0.2) is 0 Å². The third-order valence-corrected chi connectivity index (χ3v) is 5.92. The van der Waals surface area contributed by atoms with Crippen molar-refractivity contribution in [3.8, 4) is 5.75 Å². The van der Waals surface area contributed by atoms with E-state index in [2.05, 4.69) is 40.3 Å². The van der Waals surface area contributed by atoms with Crippen molar-refractivity contribution < 1.29 is 4.74 Å². The van der Waals surface area contributed by atoms with E-state index in [0.717, 1.165) is 16.6 Å². The van der Waals surface area contributed by atoms with Crippen molar-refractivity contribution >= 4 is 17.3 Å². The molecule has 1 atom stereocenters. The summed E-state index contributed by atoms with van der Waals surface area (Å²) in [6.45, 7) is 2.89. The molecule has 1 N–H and O–H groups in total. The summed E-state index contributed by atoms with van der Waals surface area (Å²) in [5.41, 5.74) is 2.23. The van der Waals surface area contributed by atoms with Gasteiger partial charge < -0.3 is 15.0 Å². The van der Waals surface area contributed by atoms with Crippen LogP contribution in [0.1, 0.15) is 62.7 Å². The van der Waals surface area contributed by atoms with Crippen LogP contribution in [0.3, 0.4) is 0 Å². The van der Waals surface area contributed by atoms with Crippen molar-refractivity contribution in [3.63, 3.8) is 0 Å². The van der Waals surface area contributed by atoms with E-state index in [1.54, 1.807) is 7.11 Å². The number of methoxy groups -OCH3 is 1. The van der Waals surface area contributed by atoms with Gasteiger partial charge in [-0.1, -0.05) is 43.9 Å². The van der Waals surface area contributed by atoms with Crippen LogP contribution in [0.25, 0.3) is 0 Å². The van der Waals surface area contributed by atoms with Crippen molar-refractivity contribution in [2.75, 3.05) is 7.11 Å². The molecule has 1 aliphatic carbocycles. The zero-order valence-corrected chi connectivity index (χ0v) is 17.8. The highest BCUT2D eigenvalue weighted by molar-refractivity contribution is 7.80. The van der Waals surface area contributed by atoms with E-state index >= 15 is 0 Å². The average Bonchev–Trinajstić information content (AvgIpc) is 3.01. The number of pyridine rings is 1. The molecule has 0 aliphatic heterocycles. The number of benzene rings is 1. The quantitative estimate of drug-likeness (QED) is 0.532. The van der Waals surface area contributed by atoms with Crippen LogP contribution in [0.5, 0.6) is 5.75 Å². The molecule has 1 fully saturated rings. The van der Waals surface area contributed by atoms with Gasteiger partial charge in [-0.05, 0) is 61.8 Å². The van der Waals surface area contributed by atoms with Crippen LogP contribution in [0.2, 0.25) is 0 Å². The molecule has 0 saturated heterocycles. The first-order valence-corrected chi connectivity index (χ1v) is 10.7. The number of hydrogen-bond acceptors (Lipinski definition) is 3. The minimum Gasteiger partial charge on any atom is -0.497 e. The Bertz CT molecular complexity index is 727. The van der Waals surface area contributed by atoms with Crippen LogP contribution < -0.4 is 10.1 Å². The third kappa shape index (κ3) is 5.68. The molecule has 1 aromatic carbocycles. The Morgan fingerprint density at radius 1 is 1.14 bits per heavy atom. The molecule has 28 heavy (non-hydrogen) atoms. The minimum absolute atomic E-state index is 0.138. The fraction of sp³-hybridized carbons (Fsp3) is 0.478. The van der Waals surface area contributed by atoms with Crippen molar-refractivity contribution in [2.45, 2.75) is 64.1 Å². The Labute approximate surface area is 174 Å². The SMILES string of the molecule is COc1ccc(C(C)N(Cc2ccccn2)C(=S)NC2CCCCCC2)cc1. The summed E-state index contributed by atoms with van der Waals surface area (Å²) in [4.78, 5) is 6.77. The minimum atomic E-state index is 0.138. The topological polar surface area (TPSA) is 37.4 Å². The van der Waals surface area contributed by atoms with Crippen LogP contribution in [0.15, 0.2) is 48.7 Å². The first-order chi connectivity index (χ1) is 13.7. The van der Waals surface area contributed by atoms with Crippen molar-refractivity contribution in [3.05, 3.63) is 59.9 Å². The molecule has 5 heteroatoms. The first-order valence-electron chi connectivity index (χ1n) is 10.3. The molecule has 4 nitrogen and oxygen atoms in total. The number of aromatic nitrogens is 1. The highest BCUT2D eigenvalue weighted by Gasteiger charge is 2.22. The third-order valence-electron chi connectivity index (χ3n) is 5.57. The van der Waals surface area contributed by atoms with E-state index in [1.165, 1.54) is 44.1 Å². The predicted octanol–water partition coefficient (Wildman–Crippen LogP) is 5.25. The molecule has 0 radical (unpaired) electrons. The highest BCUT2D eigenvalue weighted by Crippen LogP contribution is 2.25. The van der Waals surface area contributed by atoms with Gasteiger partial charge in [0, 0.05) is 12.2 Å². The lowest BCUT2D eigenvalue weighted by Crippen LogP contribution is -2.45. The maximum atomic E-state index is 5.89. The molecule has 2 aromatic rings. The van der Waals surface area contributed by atoms with Crippen LogP contribution >= 0.6 is 12.2 Å². The number of nitrogens with one attached hydrogen (secondary N) is 1. The van der Waals surface area contributed by atoms with E-state index in [4.69, 9.17) is 17.0 Å². The van der Waals surface area contributed by atoms with Gasteiger partial charge in [0.05, 0.1) is 25.4 Å². The zero-order valence-electron chi connectivity index (χ0n) is 16.9. The van der Waals surface area contributed by atoms with E-state index in [9.17, 15) is 0 Å². The predicted molar refractivity (Wildman–Crippen MR) is 118 cm³/mol. The maximum Gasteiger partial charge on any atom is 0.170 e. The van der Waals surface area contributed by atoms with Crippen LogP contribution in [-0.4, -0.2) is 28.1 Å². The fourth-order valence-corrected chi connectivity index (χ4v) is 4.18. The van der Waals surface area contributed by atoms with Crippen LogP contribution in [0, 0.1) is 0 Å². The normalized spacial score (nSPS) is 16.1. The Morgan fingerprint density at radius 2 is 1.86 bits per heavy atom. The van der Waals surface area contributed by atoms with Gasteiger partial charge in [-0.2, -0.15) is 0 Å². The fourth-order valence-electron chi connectivity index (χ4n) is 3.79. The molecule has 1 saturated carbocycles. The molecule has 1 heterocycles. The summed E-state index contributed by atoms with van der Waals surface area (Å²) >= 11 is 5.89. The number of thiocarbonyl (C=S) groups is 1. The Morgan fingerprint density at radius 3 is 2.46 bits per heavy atom. The van der Waals surface area contributed by atoms with Gasteiger partial charge >= 0.3 is 0 Å². The molecule has 1 unspecified atom stereocenters. The van der Waals surface area contributed by atoms with E-state index in [0.29, 0.717) is 12.6 Å². The molecule has 0 spiro atoms. The zero-order chi connectivity index (χ0) is 19.8. The Balaban J connectivity index is 1.77. The summed E-state index contributed by atoms with van der Waals surface area (Å²) in [5.74, 6) is 0.867. The summed E-state index contributed by atoms with van der Waals surface area (Å²) in [6.07, 6.45) is 9.50. The summed E-state index contributed by atoms with van der Waals surface area (Å²) < 4.78 is 5.30. The lowest BCUT2D eigenvalue weighted by molar-refractivity contribution is 0.313. The number of rotatable bonds is 6. The van der Waals surface area contributed by atoms with Crippen LogP contribution in [0.4, 0.5) is 0 Å². The lowest BCUT2D eigenvalue weighted by Gasteiger charge is -2.34. The van der Waals surface area contributed by atoms with E-state index < -0.39 is 0 Å². The van der Waals surface area contributed by atoms with Crippen molar-refractivity contribution in [1.82, 2.24) is 15.2 Å². The Kier molecular flexibility index (Phi) is 7.66. The second-order valence-corrected chi connectivity index (χ2v) is 7.92. The summed E-state index contributed by atoms with van der Waals surface area (Å²) in [7, 11) is 1.69. The van der Waals surface area contributed by atoms with Crippen molar-refractivity contribution in [2.24, 2.45) is 0 Å². The second kappa shape index (κ2) is 10.4. The standard InChI is InChI=1S/C23H31N3OS/c1-18(19-12-14-22(27-2)15-13-19)26(17-21-11-7-8-16-24-21)23(28)25-20-9-5-3-4-6-10-20/h7-8,11-16,18,20H,3-6,9-10,17H2,1-2H3,(H,25,28).